The van der Waals surface area contributed by atoms with Crippen molar-refractivity contribution >= 4 is 69.3 Å². The summed E-state index contributed by atoms with van der Waals surface area (Å²) in [6.07, 6.45) is 1.93. The second kappa shape index (κ2) is 29.7. The number of amides is 7. The molecule has 0 heterocycles. The Morgan fingerprint density at radius 1 is 0.565 bits per heavy atom. The molecule has 1 aliphatic carbocycles. The van der Waals surface area contributed by atoms with E-state index in [2.05, 4.69) is 31.9 Å². The van der Waals surface area contributed by atoms with Crippen molar-refractivity contribution in [2.75, 3.05) is 0 Å². The van der Waals surface area contributed by atoms with Crippen molar-refractivity contribution in [2.45, 2.75) is 178 Å². The highest BCUT2D eigenvalue weighted by Gasteiger charge is 2.37. The van der Waals surface area contributed by atoms with Crippen LogP contribution in [0.4, 0.5) is 0 Å². The minimum absolute atomic E-state index is 0.0134. The second-order valence-electron chi connectivity index (χ2n) is 17.9. The Morgan fingerprint density at radius 3 is 1.55 bits per heavy atom. The highest BCUT2D eigenvalue weighted by Crippen LogP contribution is 2.28. The van der Waals surface area contributed by atoms with Crippen LogP contribution in [-0.2, 0) is 58.0 Å². The van der Waals surface area contributed by atoms with Gasteiger partial charge in [0.15, 0.2) is 0 Å². The van der Waals surface area contributed by atoms with E-state index in [1.54, 1.807) is 40.7 Å². The molecule has 0 radical (unpaired) electrons. The van der Waals surface area contributed by atoms with Gasteiger partial charge in [0.05, 0.1) is 11.3 Å². The first kappa shape index (κ1) is 59.0. The van der Waals surface area contributed by atoms with E-state index in [-0.39, 0.29) is 36.0 Å². The molecule has 1 fully saturated rings. The van der Waals surface area contributed by atoms with Crippen molar-refractivity contribution in [3.63, 3.8) is 0 Å². The molecule has 1 aliphatic rings. The zero-order chi connectivity index (χ0) is 51.8. The van der Waals surface area contributed by atoms with Gasteiger partial charge in [0.1, 0.15) is 36.3 Å². The van der Waals surface area contributed by atoms with Crippen molar-refractivity contribution in [2.24, 2.45) is 17.8 Å². The first-order valence-electron chi connectivity index (χ1n) is 23.6. The quantitative estimate of drug-likeness (QED) is 0.0508. The molecule has 7 atom stereocenters. The van der Waals surface area contributed by atoms with Crippen LogP contribution in [0.5, 0.6) is 0 Å². The standard InChI is InChI=1S/C46H71N7O15S/c1-6-14-31(45(65)53-69(67,68)30-17-12-9-13-18-30)48-43(63)35(26-29-15-10-8-11-16-29)51-46(66)40(28(5)7-2)52-44(64)34(25-27(3)4)50-42(62)33(20-23-38(57)58)49-41(61)32(19-22-37(55)56)47-36(54)21-24-39(59)60/h9,12-13,17-18,27-29,31-35,40H,6-8,10-11,14-16,19-26H2,1-5H3,(H,47,54)(H,48,63)(H,49,61)(H,50,62)(H,51,66)(H,52,64)(H,53,65)(H,55,56)(H,57,58)(H,59,60)/t28-,31-,32-,33+,34-,35-,40-/m0/s1. The van der Waals surface area contributed by atoms with Crippen molar-refractivity contribution in [1.29, 1.82) is 0 Å². The predicted molar refractivity (Wildman–Crippen MR) is 249 cm³/mol. The molecule has 0 saturated heterocycles. The van der Waals surface area contributed by atoms with E-state index in [0.29, 0.717) is 12.8 Å². The Bertz CT molecular complexity index is 2050. The van der Waals surface area contributed by atoms with Crippen LogP contribution in [-0.4, -0.2) is 119 Å². The predicted octanol–water partition coefficient (Wildman–Crippen LogP) is 1.86. The van der Waals surface area contributed by atoms with Gasteiger partial charge in [-0.05, 0) is 62.0 Å². The maximum atomic E-state index is 14.3. The Labute approximate surface area is 403 Å². The molecule has 1 aromatic carbocycles. The number of carboxylic acid groups (broad SMARTS) is 3. The van der Waals surface area contributed by atoms with Crippen molar-refractivity contribution < 1.29 is 71.7 Å². The number of benzene rings is 1. The molecule has 22 nitrogen and oxygen atoms in total. The van der Waals surface area contributed by atoms with Crippen LogP contribution in [0, 0.1) is 17.8 Å². The fraction of sp³-hybridized carbons (Fsp3) is 0.652. The Kier molecular flexibility index (Phi) is 25.4. The fourth-order valence-corrected chi connectivity index (χ4v) is 8.75. The third kappa shape index (κ3) is 21.8. The number of carbonyl (C=O) groups is 10. The molecule has 2 rings (SSSR count). The number of sulfonamides is 1. The summed E-state index contributed by atoms with van der Waals surface area (Å²) in [7, 11) is -4.29. The summed E-state index contributed by atoms with van der Waals surface area (Å²) in [5.74, 6) is -11.1. The summed E-state index contributed by atoms with van der Waals surface area (Å²) in [4.78, 5) is 130. The zero-order valence-corrected chi connectivity index (χ0v) is 40.9. The third-order valence-electron chi connectivity index (χ3n) is 11.7. The highest BCUT2D eigenvalue weighted by molar-refractivity contribution is 7.90. The lowest BCUT2D eigenvalue weighted by Crippen LogP contribution is -2.61. The van der Waals surface area contributed by atoms with E-state index < -0.39 is 150 Å². The number of aliphatic carboxylic acids is 3. The van der Waals surface area contributed by atoms with Crippen LogP contribution in [0.25, 0.3) is 0 Å². The van der Waals surface area contributed by atoms with Crippen LogP contribution in [0.3, 0.4) is 0 Å². The maximum Gasteiger partial charge on any atom is 0.303 e. The molecule has 1 saturated carbocycles. The van der Waals surface area contributed by atoms with Crippen LogP contribution in [0.1, 0.15) is 137 Å². The summed E-state index contributed by atoms with van der Waals surface area (Å²) in [5, 5.41) is 42.9. The van der Waals surface area contributed by atoms with E-state index in [1.807, 2.05) is 4.72 Å². The monoisotopic (exact) mass is 993 g/mol. The van der Waals surface area contributed by atoms with Gasteiger partial charge in [-0.2, -0.15) is 0 Å². The Balaban J connectivity index is 2.41. The minimum atomic E-state index is -4.29. The molecule has 10 N–H and O–H groups in total. The van der Waals surface area contributed by atoms with E-state index in [1.165, 1.54) is 24.3 Å². The second-order valence-corrected chi connectivity index (χ2v) is 19.6. The number of rotatable bonds is 31. The van der Waals surface area contributed by atoms with E-state index in [0.717, 1.165) is 32.1 Å². The lowest BCUT2D eigenvalue weighted by atomic mass is 9.84. The molecule has 0 bridgehead atoms. The molecular formula is C46H71N7O15S. The van der Waals surface area contributed by atoms with E-state index in [4.69, 9.17) is 5.11 Å². The van der Waals surface area contributed by atoms with Crippen molar-refractivity contribution in [1.82, 2.24) is 36.6 Å². The van der Waals surface area contributed by atoms with Gasteiger partial charge in [0.25, 0.3) is 15.9 Å². The van der Waals surface area contributed by atoms with E-state index in [9.17, 15) is 66.6 Å². The van der Waals surface area contributed by atoms with Crippen LogP contribution in [0.15, 0.2) is 35.2 Å². The van der Waals surface area contributed by atoms with Gasteiger partial charge in [-0.3, -0.25) is 47.9 Å². The normalized spacial score (nSPS) is 15.9. The van der Waals surface area contributed by atoms with Gasteiger partial charge in [-0.1, -0.05) is 97.8 Å². The molecule has 386 valence electrons. The number of hydrogen-bond donors (Lipinski definition) is 10. The van der Waals surface area contributed by atoms with Crippen molar-refractivity contribution in [3.8, 4) is 0 Å². The van der Waals surface area contributed by atoms with Crippen LogP contribution >= 0.6 is 0 Å². The summed E-state index contributed by atoms with van der Waals surface area (Å²) in [6.45, 7) is 8.68. The lowest BCUT2D eigenvalue weighted by Gasteiger charge is -2.31. The number of carbonyl (C=O) groups excluding carboxylic acids is 7. The minimum Gasteiger partial charge on any atom is -0.481 e. The summed E-state index contributed by atoms with van der Waals surface area (Å²) < 4.78 is 28.1. The van der Waals surface area contributed by atoms with Gasteiger partial charge in [-0.15, -0.1) is 0 Å². The molecule has 0 spiro atoms. The smallest absolute Gasteiger partial charge is 0.303 e. The van der Waals surface area contributed by atoms with E-state index >= 15 is 0 Å². The molecule has 1 aromatic rings. The Morgan fingerprint density at radius 2 is 1.04 bits per heavy atom. The Hall–Kier alpha value is -6.13. The average Bonchev–Trinajstić information content (AvgIpc) is 3.29. The molecule has 23 heteroatoms. The number of carboxylic acids is 3. The molecule has 7 amide bonds. The lowest BCUT2D eigenvalue weighted by molar-refractivity contribution is -0.140. The SMILES string of the molecule is CCC[C@H](NC(=O)[C@H](CC1CCCCC1)NC(=O)[C@@H](NC(=O)[C@H](CC(C)C)NC(=O)[C@@H](CCC(=O)O)NC(=O)[C@H](CCC(=O)O)NC(=O)CCC(=O)O)[C@@H](C)CC)C(=O)NS(=O)(=O)c1ccccc1. The molecule has 0 aliphatic heterocycles. The van der Waals surface area contributed by atoms with Gasteiger partial charge in [-0.25, -0.2) is 13.1 Å². The fourth-order valence-electron chi connectivity index (χ4n) is 7.70. The van der Waals surface area contributed by atoms with Crippen LogP contribution < -0.4 is 36.6 Å². The molecule has 0 unspecified atom stereocenters. The number of hydrogen-bond acceptors (Lipinski definition) is 12. The van der Waals surface area contributed by atoms with Crippen molar-refractivity contribution in [3.05, 3.63) is 30.3 Å². The summed E-state index contributed by atoms with van der Waals surface area (Å²) >= 11 is 0. The number of nitrogens with one attached hydrogen (secondary N) is 7. The van der Waals surface area contributed by atoms with Gasteiger partial charge >= 0.3 is 17.9 Å². The van der Waals surface area contributed by atoms with Gasteiger partial charge < -0.3 is 47.2 Å². The van der Waals surface area contributed by atoms with Crippen LogP contribution in [0.2, 0.25) is 0 Å². The van der Waals surface area contributed by atoms with Gasteiger partial charge in [0, 0.05) is 19.3 Å². The summed E-state index contributed by atoms with van der Waals surface area (Å²) in [5.41, 5.74) is 0. The largest absolute Gasteiger partial charge is 0.481 e. The zero-order valence-electron chi connectivity index (χ0n) is 40.0. The highest BCUT2D eigenvalue weighted by atomic mass is 32.2. The third-order valence-corrected chi connectivity index (χ3v) is 13.1. The molecular weight excluding hydrogens is 923 g/mol. The molecule has 0 aromatic heterocycles. The topological polar surface area (TPSA) is 350 Å². The first-order chi connectivity index (χ1) is 32.5. The van der Waals surface area contributed by atoms with Gasteiger partial charge in [0.2, 0.25) is 35.4 Å². The maximum absolute atomic E-state index is 14.3. The summed E-state index contributed by atoms with van der Waals surface area (Å²) in [6, 6.07) is -1.15. The first-order valence-corrected chi connectivity index (χ1v) is 25.0. The average molecular weight is 994 g/mol. The molecule has 69 heavy (non-hydrogen) atoms.